The van der Waals surface area contributed by atoms with Gasteiger partial charge in [0, 0.05) is 12.0 Å². The third-order valence-electron chi connectivity index (χ3n) is 3.27. The summed E-state index contributed by atoms with van der Waals surface area (Å²) in [7, 11) is 0. The molecule has 2 atom stereocenters. The molecule has 84 valence electrons. The molecule has 2 unspecified atom stereocenters. The minimum Gasteiger partial charge on any atom is -0.300 e. The first kappa shape index (κ1) is 12.5. The van der Waals surface area contributed by atoms with Crippen LogP contribution in [0.25, 0.3) is 0 Å². The maximum atomic E-state index is 2.57. The van der Waals surface area contributed by atoms with E-state index in [4.69, 9.17) is 0 Å². The second-order valence-electron chi connectivity index (χ2n) is 4.04. The molecule has 0 bridgehead atoms. The van der Waals surface area contributed by atoms with Crippen molar-refractivity contribution >= 4 is 12.4 Å². The summed E-state index contributed by atoms with van der Waals surface area (Å²) in [6.07, 6.45) is 1.35. The third kappa shape index (κ3) is 2.73. The lowest BCUT2D eigenvalue weighted by Crippen LogP contribution is -2.26. The summed E-state index contributed by atoms with van der Waals surface area (Å²) >= 11 is 0. The fourth-order valence-electron chi connectivity index (χ4n) is 2.34. The van der Waals surface area contributed by atoms with Gasteiger partial charge in [-0.05, 0) is 25.1 Å². The van der Waals surface area contributed by atoms with Gasteiger partial charge in [-0.1, -0.05) is 44.2 Å². The standard InChI is InChI=1S/C13H19N.ClH/c1-3-14(4-2)13-10-12(13)11-8-6-5-7-9-11;/h5-9,12-13H,3-4,10H2,1-2H3;1H. The van der Waals surface area contributed by atoms with Gasteiger partial charge in [-0.2, -0.15) is 0 Å². The van der Waals surface area contributed by atoms with Crippen molar-refractivity contribution in [3.05, 3.63) is 35.9 Å². The zero-order valence-corrected chi connectivity index (χ0v) is 10.3. The molecule has 1 nitrogen and oxygen atoms in total. The van der Waals surface area contributed by atoms with Gasteiger partial charge in [0.05, 0.1) is 0 Å². The van der Waals surface area contributed by atoms with Crippen molar-refractivity contribution in [1.29, 1.82) is 0 Å². The van der Waals surface area contributed by atoms with Gasteiger partial charge in [-0.15, -0.1) is 12.4 Å². The predicted octanol–water partition coefficient (Wildman–Crippen LogP) is 3.31. The quantitative estimate of drug-likeness (QED) is 0.760. The topological polar surface area (TPSA) is 3.24 Å². The van der Waals surface area contributed by atoms with Gasteiger partial charge in [0.15, 0.2) is 0 Å². The van der Waals surface area contributed by atoms with Crippen LogP contribution in [0.5, 0.6) is 0 Å². The Morgan fingerprint density at radius 3 is 2.27 bits per heavy atom. The highest BCUT2D eigenvalue weighted by molar-refractivity contribution is 5.85. The van der Waals surface area contributed by atoms with Crippen LogP contribution in [0.2, 0.25) is 0 Å². The number of benzene rings is 1. The largest absolute Gasteiger partial charge is 0.300 e. The summed E-state index contributed by atoms with van der Waals surface area (Å²) < 4.78 is 0. The second-order valence-corrected chi connectivity index (χ2v) is 4.04. The number of nitrogens with zero attached hydrogens (tertiary/aromatic N) is 1. The Hall–Kier alpha value is -0.530. The van der Waals surface area contributed by atoms with Crippen molar-refractivity contribution in [1.82, 2.24) is 4.90 Å². The second kappa shape index (κ2) is 5.53. The highest BCUT2D eigenvalue weighted by Gasteiger charge is 2.41. The smallest absolute Gasteiger partial charge is 0.0171 e. The molecule has 1 saturated carbocycles. The summed E-state index contributed by atoms with van der Waals surface area (Å²) in [5.74, 6) is 0.802. The van der Waals surface area contributed by atoms with E-state index in [2.05, 4.69) is 49.1 Å². The molecule has 0 radical (unpaired) electrons. The zero-order chi connectivity index (χ0) is 9.97. The first-order valence-electron chi connectivity index (χ1n) is 5.65. The Kier molecular flexibility index (Phi) is 4.62. The van der Waals surface area contributed by atoms with E-state index in [1.54, 1.807) is 0 Å². The first-order chi connectivity index (χ1) is 6.86. The molecule has 0 amide bonds. The van der Waals surface area contributed by atoms with E-state index in [-0.39, 0.29) is 12.4 Å². The normalized spacial score (nSPS) is 23.7. The molecule has 1 aliphatic carbocycles. The average molecular weight is 226 g/mol. The Balaban J connectivity index is 0.00000112. The zero-order valence-electron chi connectivity index (χ0n) is 9.52. The van der Waals surface area contributed by atoms with Crippen LogP contribution < -0.4 is 0 Å². The van der Waals surface area contributed by atoms with Crippen molar-refractivity contribution in [3.63, 3.8) is 0 Å². The van der Waals surface area contributed by atoms with Crippen molar-refractivity contribution in [2.75, 3.05) is 13.1 Å². The van der Waals surface area contributed by atoms with E-state index in [9.17, 15) is 0 Å². The Bertz CT molecular complexity index is 282. The molecule has 1 aromatic rings. The van der Waals surface area contributed by atoms with Crippen LogP contribution in [0.1, 0.15) is 31.7 Å². The van der Waals surface area contributed by atoms with Gasteiger partial charge in [0.1, 0.15) is 0 Å². The SMILES string of the molecule is CCN(CC)C1CC1c1ccccc1.Cl. The molecule has 0 saturated heterocycles. The highest BCUT2D eigenvalue weighted by Crippen LogP contribution is 2.44. The van der Waals surface area contributed by atoms with E-state index in [1.165, 1.54) is 25.1 Å². The van der Waals surface area contributed by atoms with E-state index >= 15 is 0 Å². The number of rotatable bonds is 4. The molecule has 15 heavy (non-hydrogen) atoms. The molecule has 2 rings (SSSR count). The van der Waals surface area contributed by atoms with Crippen LogP contribution in [0.4, 0.5) is 0 Å². The van der Waals surface area contributed by atoms with Crippen LogP contribution >= 0.6 is 12.4 Å². The maximum Gasteiger partial charge on any atom is 0.0171 e. The minimum absolute atomic E-state index is 0. The molecule has 0 heterocycles. The molecule has 0 spiro atoms. The van der Waals surface area contributed by atoms with Crippen molar-refractivity contribution in [3.8, 4) is 0 Å². The molecule has 1 aliphatic rings. The molecule has 1 aromatic carbocycles. The lowest BCUT2D eigenvalue weighted by atomic mass is 10.1. The summed E-state index contributed by atoms with van der Waals surface area (Å²) in [5, 5.41) is 0. The lowest BCUT2D eigenvalue weighted by molar-refractivity contribution is 0.288. The van der Waals surface area contributed by atoms with E-state index < -0.39 is 0 Å². The minimum atomic E-state index is 0. The fraction of sp³-hybridized carbons (Fsp3) is 0.538. The van der Waals surface area contributed by atoms with Gasteiger partial charge >= 0.3 is 0 Å². The molecular weight excluding hydrogens is 206 g/mol. The van der Waals surface area contributed by atoms with Gasteiger partial charge < -0.3 is 4.90 Å². The predicted molar refractivity (Wildman–Crippen MR) is 67.8 cm³/mol. The summed E-state index contributed by atoms with van der Waals surface area (Å²) in [5.41, 5.74) is 1.52. The van der Waals surface area contributed by atoms with Crippen molar-refractivity contribution in [2.45, 2.75) is 32.2 Å². The van der Waals surface area contributed by atoms with Gasteiger partial charge in [0.2, 0.25) is 0 Å². The lowest BCUT2D eigenvalue weighted by Gasteiger charge is -2.17. The summed E-state index contributed by atoms with van der Waals surface area (Å²) in [4.78, 5) is 2.57. The Morgan fingerprint density at radius 2 is 1.73 bits per heavy atom. The molecule has 2 heteroatoms. The van der Waals surface area contributed by atoms with Crippen molar-refractivity contribution in [2.24, 2.45) is 0 Å². The van der Waals surface area contributed by atoms with Crippen LogP contribution in [0.15, 0.2) is 30.3 Å². The van der Waals surface area contributed by atoms with Crippen molar-refractivity contribution < 1.29 is 0 Å². The summed E-state index contributed by atoms with van der Waals surface area (Å²) in [6, 6.07) is 11.7. The monoisotopic (exact) mass is 225 g/mol. The Morgan fingerprint density at radius 1 is 1.13 bits per heavy atom. The number of hydrogen-bond acceptors (Lipinski definition) is 1. The van der Waals surface area contributed by atoms with Crippen LogP contribution in [-0.4, -0.2) is 24.0 Å². The highest BCUT2D eigenvalue weighted by atomic mass is 35.5. The average Bonchev–Trinajstić information content (AvgIpc) is 3.01. The van der Waals surface area contributed by atoms with E-state index in [0.717, 1.165) is 12.0 Å². The molecular formula is C13H20ClN. The van der Waals surface area contributed by atoms with Crippen LogP contribution in [0.3, 0.4) is 0 Å². The number of likely N-dealkylation sites (N-methyl/N-ethyl adjacent to an activating group) is 1. The number of halogens is 1. The molecule has 1 fully saturated rings. The molecule has 0 aromatic heterocycles. The van der Waals surface area contributed by atoms with Crippen LogP contribution in [0, 0.1) is 0 Å². The Labute approximate surface area is 98.9 Å². The third-order valence-corrected chi connectivity index (χ3v) is 3.27. The number of hydrogen-bond donors (Lipinski definition) is 0. The van der Waals surface area contributed by atoms with Crippen LogP contribution in [-0.2, 0) is 0 Å². The molecule has 0 aliphatic heterocycles. The van der Waals surface area contributed by atoms with E-state index in [0.29, 0.717) is 0 Å². The maximum absolute atomic E-state index is 2.57. The van der Waals surface area contributed by atoms with E-state index in [1.807, 2.05) is 0 Å². The van der Waals surface area contributed by atoms with Gasteiger partial charge in [-0.25, -0.2) is 0 Å². The van der Waals surface area contributed by atoms with Gasteiger partial charge in [0.25, 0.3) is 0 Å². The van der Waals surface area contributed by atoms with Gasteiger partial charge in [-0.3, -0.25) is 0 Å². The fourth-order valence-corrected chi connectivity index (χ4v) is 2.34. The first-order valence-corrected chi connectivity index (χ1v) is 5.65. The molecule has 0 N–H and O–H groups in total. The summed E-state index contributed by atoms with van der Waals surface area (Å²) in [6.45, 7) is 6.88.